The van der Waals surface area contributed by atoms with Gasteiger partial charge in [0.05, 0.1) is 16.8 Å². The number of carboxylic acid groups (broad SMARTS) is 1. The lowest BCUT2D eigenvalue weighted by Gasteiger charge is -2.06. The maximum atomic E-state index is 12.6. The number of thiazole rings is 1. The normalized spacial score (nSPS) is 11.5. The largest absolute Gasteiger partial charge is 0.478 e. The van der Waals surface area contributed by atoms with Crippen LogP contribution in [0.5, 0.6) is 0 Å². The van der Waals surface area contributed by atoms with Crippen molar-refractivity contribution in [3.8, 4) is 21.8 Å². The van der Waals surface area contributed by atoms with E-state index >= 15 is 0 Å². The van der Waals surface area contributed by atoms with Gasteiger partial charge in [-0.15, -0.1) is 11.3 Å². The van der Waals surface area contributed by atoms with Crippen LogP contribution in [0.2, 0.25) is 0 Å². The first-order chi connectivity index (χ1) is 11.3. The summed E-state index contributed by atoms with van der Waals surface area (Å²) in [7, 11) is 0. The summed E-state index contributed by atoms with van der Waals surface area (Å²) in [4.78, 5) is 15.2. The van der Waals surface area contributed by atoms with E-state index < -0.39 is 17.7 Å². The molecule has 3 nitrogen and oxygen atoms in total. The Kier molecular flexibility index (Phi) is 4.11. The van der Waals surface area contributed by atoms with Crippen LogP contribution in [0, 0.1) is 0 Å². The molecule has 0 amide bonds. The Morgan fingerprint density at radius 3 is 2.08 bits per heavy atom. The molecule has 0 unspecified atom stereocenters. The van der Waals surface area contributed by atoms with E-state index in [1.54, 1.807) is 17.5 Å². The van der Waals surface area contributed by atoms with Gasteiger partial charge in [0, 0.05) is 16.5 Å². The van der Waals surface area contributed by atoms with Gasteiger partial charge >= 0.3 is 12.1 Å². The van der Waals surface area contributed by atoms with Crippen LogP contribution in [0.3, 0.4) is 0 Å². The van der Waals surface area contributed by atoms with Gasteiger partial charge in [-0.25, -0.2) is 9.78 Å². The summed E-state index contributed by atoms with van der Waals surface area (Å²) in [5.41, 5.74) is 1.46. The molecule has 7 heteroatoms. The zero-order valence-electron chi connectivity index (χ0n) is 12.0. The summed E-state index contributed by atoms with van der Waals surface area (Å²) in [5.74, 6) is -1.01. The molecule has 0 aliphatic heterocycles. The van der Waals surface area contributed by atoms with Gasteiger partial charge in [0.25, 0.3) is 0 Å². The molecule has 2 aromatic carbocycles. The highest BCUT2D eigenvalue weighted by Gasteiger charge is 2.30. The maximum Gasteiger partial charge on any atom is 0.416 e. The first kappa shape index (κ1) is 16.2. The summed E-state index contributed by atoms with van der Waals surface area (Å²) < 4.78 is 37.7. The van der Waals surface area contributed by atoms with Gasteiger partial charge in [0.15, 0.2) is 0 Å². The molecule has 0 aliphatic carbocycles. The number of aromatic carboxylic acids is 1. The molecule has 0 fully saturated rings. The van der Waals surface area contributed by atoms with Gasteiger partial charge in [-0.3, -0.25) is 0 Å². The minimum atomic E-state index is -4.36. The molecule has 0 saturated heterocycles. The van der Waals surface area contributed by atoms with E-state index in [2.05, 4.69) is 4.98 Å². The predicted molar refractivity (Wildman–Crippen MR) is 84.9 cm³/mol. The van der Waals surface area contributed by atoms with Gasteiger partial charge < -0.3 is 5.11 Å². The molecule has 0 bridgehead atoms. The van der Waals surface area contributed by atoms with Crippen molar-refractivity contribution in [3.05, 3.63) is 65.0 Å². The average Bonchev–Trinajstić information content (AvgIpc) is 3.04. The number of alkyl halides is 3. The standard InChI is InChI=1S/C17H10F3NO2S/c18-17(19,20)13-7-5-11(6-8-13)15-21-14(9-24-15)10-1-3-12(4-2-10)16(22)23/h1-9H,(H,22,23). The molecular weight excluding hydrogens is 339 g/mol. The van der Waals surface area contributed by atoms with Crippen molar-refractivity contribution < 1.29 is 23.1 Å². The molecule has 3 rings (SSSR count). The van der Waals surface area contributed by atoms with Crippen LogP contribution < -0.4 is 0 Å². The molecule has 122 valence electrons. The Bertz CT molecular complexity index is 868. The molecule has 0 spiro atoms. The van der Waals surface area contributed by atoms with Crippen LogP contribution in [0.25, 0.3) is 21.8 Å². The molecular formula is C17H10F3NO2S. The van der Waals surface area contributed by atoms with E-state index in [4.69, 9.17) is 5.11 Å². The SMILES string of the molecule is O=C(O)c1ccc(-c2csc(-c3ccc(C(F)(F)F)cc3)n2)cc1. The highest BCUT2D eigenvalue weighted by Crippen LogP contribution is 2.33. The number of hydrogen-bond acceptors (Lipinski definition) is 3. The Morgan fingerprint density at radius 1 is 0.958 bits per heavy atom. The van der Waals surface area contributed by atoms with E-state index in [9.17, 15) is 18.0 Å². The zero-order valence-corrected chi connectivity index (χ0v) is 12.9. The van der Waals surface area contributed by atoms with Crippen LogP contribution in [0.4, 0.5) is 13.2 Å². The van der Waals surface area contributed by atoms with Crippen LogP contribution >= 0.6 is 11.3 Å². The quantitative estimate of drug-likeness (QED) is 0.707. The molecule has 0 saturated carbocycles. The number of halogens is 3. The molecule has 0 aliphatic rings. The molecule has 0 atom stereocenters. The van der Waals surface area contributed by atoms with Crippen molar-refractivity contribution in [2.45, 2.75) is 6.18 Å². The van der Waals surface area contributed by atoms with E-state index in [1.807, 2.05) is 0 Å². The lowest BCUT2D eigenvalue weighted by atomic mass is 10.1. The minimum Gasteiger partial charge on any atom is -0.478 e. The molecule has 1 aromatic heterocycles. The molecule has 3 aromatic rings. The lowest BCUT2D eigenvalue weighted by Crippen LogP contribution is -2.03. The van der Waals surface area contributed by atoms with Crippen LogP contribution in [0.15, 0.2) is 53.9 Å². The summed E-state index contributed by atoms with van der Waals surface area (Å²) in [6, 6.07) is 11.1. The average molecular weight is 349 g/mol. The van der Waals surface area contributed by atoms with Crippen LogP contribution in [-0.2, 0) is 6.18 Å². The number of benzene rings is 2. The third kappa shape index (κ3) is 3.30. The number of nitrogens with zero attached hydrogens (tertiary/aromatic N) is 1. The third-order valence-corrected chi connectivity index (χ3v) is 4.28. The number of aromatic nitrogens is 1. The van der Waals surface area contributed by atoms with Crippen molar-refractivity contribution in [2.75, 3.05) is 0 Å². The summed E-state index contributed by atoms with van der Waals surface area (Å²) >= 11 is 1.31. The second-order valence-corrected chi connectivity index (χ2v) is 5.85. The Hall–Kier alpha value is -2.67. The van der Waals surface area contributed by atoms with Crippen molar-refractivity contribution >= 4 is 17.3 Å². The van der Waals surface area contributed by atoms with Crippen LogP contribution in [0.1, 0.15) is 15.9 Å². The van der Waals surface area contributed by atoms with Crippen LogP contribution in [-0.4, -0.2) is 16.1 Å². The van der Waals surface area contributed by atoms with Crippen molar-refractivity contribution in [1.82, 2.24) is 4.98 Å². The summed E-state index contributed by atoms with van der Waals surface area (Å²) in [6.07, 6.45) is -4.36. The fraction of sp³-hybridized carbons (Fsp3) is 0.0588. The summed E-state index contributed by atoms with van der Waals surface area (Å²) in [6.45, 7) is 0. The van der Waals surface area contributed by atoms with E-state index in [-0.39, 0.29) is 5.56 Å². The molecule has 1 heterocycles. The Morgan fingerprint density at radius 2 is 1.54 bits per heavy atom. The van der Waals surface area contributed by atoms with Gasteiger partial charge in [0.1, 0.15) is 5.01 Å². The number of hydrogen-bond donors (Lipinski definition) is 1. The topological polar surface area (TPSA) is 50.2 Å². The van der Waals surface area contributed by atoms with Gasteiger partial charge in [0.2, 0.25) is 0 Å². The second-order valence-electron chi connectivity index (χ2n) is 5.00. The van der Waals surface area contributed by atoms with Gasteiger partial charge in [-0.05, 0) is 24.3 Å². The number of carbonyl (C=O) groups is 1. The maximum absolute atomic E-state index is 12.6. The third-order valence-electron chi connectivity index (χ3n) is 3.39. The lowest BCUT2D eigenvalue weighted by molar-refractivity contribution is -0.137. The predicted octanol–water partition coefficient (Wildman–Crippen LogP) is 5.19. The van der Waals surface area contributed by atoms with Crippen molar-refractivity contribution in [3.63, 3.8) is 0 Å². The first-order valence-corrected chi connectivity index (χ1v) is 7.69. The molecule has 24 heavy (non-hydrogen) atoms. The zero-order chi connectivity index (χ0) is 17.3. The van der Waals surface area contributed by atoms with Crippen molar-refractivity contribution in [1.29, 1.82) is 0 Å². The Labute approximate surface area is 139 Å². The highest BCUT2D eigenvalue weighted by molar-refractivity contribution is 7.13. The fourth-order valence-electron chi connectivity index (χ4n) is 2.12. The number of carboxylic acids is 1. The number of rotatable bonds is 3. The molecule has 0 radical (unpaired) electrons. The fourth-order valence-corrected chi connectivity index (χ4v) is 2.96. The van der Waals surface area contributed by atoms with Crippen molar-refractivity contribution in [2.24, 2.45) is 0 Å². The monoisotopic (exact) mass is 349 g/mol. The first-order valence-electron chi connectivity index (χ1n) is 6.81. The highest BCUT2D eigenvalue weighted by atomic mass is 32.1. The van der Waals surface area contributed by atoms with Gasteiger partial charge in [-0.1, -0.05) is 24.3 Å². The summed E-state index contributed by atoms with van der Waals surface area (Å²) in [5, 5.41) is 11.3. The minimum absolute atomic E-state index is 0.178. The van der Waals surface area contributed by atoms with E-state index in [1.165, 1.54) is 35.6 Å². The smallest absolute Gasteiger partial charge is 0.416 e. The van der Waals surface area contributed by atoms with E-state index in [0.717, 1.165) is 17.7 Å². The Balaban J connectivity index is 1.86. The molecule has 1 N–H and O–H groups in total. The second kappa shape index (κ2) is 6.09. The van der Waals surface area contributed by atoms with Gasteiger partial charge in [-0.2, -0.15) is 13.2 Å². The van der Waals surface area contributed by atoms with E-state index in [0.29, 0.717) is 16.3 Å².